The summed E-state index contributed by atoms with van der Waals surface area (Å²) in [6, 6.07) is 12.4. The number of ether oxygens (including phenoxy) is 2. The lowest BCUT2D eigenvalue weighted by molar-refractivity contribution is 0.0970. The highest BCUT2D eigenvalue weighted by molar-refractivity contribution is 7.80. The normalized spacial score (nSPS) is 10.2. The van der Waals surface area contributed by atoms with Crippen LogP contribution in [0.2, 0.25) is 5.02 Å². The van der Waals surface area contributed by atoms with E-state index in [4.69, 9.17) is 33.3 Å². The van der Waals surface area contributed by atoms with Crippen LogP contribution in [0.15, 0.2) is 42.5 Å². The standard InChI is InChI=1S/C18H19ClN2O3S/c1-12-7-8-13(11-15(12)19)20-18(25)21-17(22)14-5-3-4-6-16(14)24-10-9-23-2/h3-8,11H,9-10H2,1-2H3,(H2,20,21,22,25). The smallest absolute Gasteiger partial charge is 0.261 e. The summed E-state index contributed by atoms with van der Waals surface area (Å²) in [5.74, 6) is 0.113. The minimum atomic E-state index is -0.358. The van der Waals surface area contributed by atoms with Crippen LogP contribution in [0.1, 0.15) is 15.9 Å². The van der Waals surface area contributed by atoms with Gasteiger partial charge in [0, 0.05) is 17.8 Å². The van der Waals surface area contributed by atoms with Crippen LogP contribution in [0.5, 0.6) is 5.75 Å². The van der Waals surface area contributed by atoms with Crippen molar-refractivity contribution in [3.05, 3.63) is 58.6 Å². The fourth-order valence-corrected chi connectivity index (χ4v) is 2.41. The SMILES string of the molecule is COCCOc1ccccc1C(=O)NC(=S)Nc1ccc(C)c(Cl)c1. The molecule has 132 valence electrons. The van der Waals surface area contributed by atoms with Gasteiger partial charge in [-0.1, -0.05) is 29.8 Å². The Morgan fingerprint density at radius 1 is 1.20 bits per heavy atom. The van der Waals surface area contributed by atoms with Gasteiger partial charge in [-0.2, -0.15) is 0 Å². The van der Waals surface area contributed by atoms with Crippen LogP contribution in [-0.2, 0) is 4.74 Å². The first-order valence-corrected chi connectivity index (χ1v) is 8.39. The number of carbonyl (C=O) groups is 1. The van der Waals surface area contributed by atoms with Crippen molar-refractivity contribution in [1.29, 1.82) is 0 Å². The number of aryl methyl sites for hydroxylation is 1. The van der Waals surface area contributed by atoms with Crippen LogP contribution in [0, 0.1) is 6.92 Å². The molecular weight excluding hydrogens is 360 g/mol. The Balaban J connectivity index is 2.01. The number of methoxy groups -OCH3 is 1. The van der Waals surface area contributed by atoms with Crippen LogP contribution < -0.4 is 15.4 Å². The van der Waals surface area contributed by atoms with Crippen molar-refractivity contribution in [2.45, 2.75) is 6.92 Å². The van der Waals surface area contributed by atoms with Crippen LogP contribution in [0.3, 0.4) is 0 Å². The molecular formula is C18H19ClN2O3S. The van der Waals surface area contributed by atoms with Crippen molar-refractivity contribution in [1.82, 2.24) is 5.32 Å². The highest BCUT2D eigenvalue weighted by Crippen LogP contribution is 2.20. The number of halogens is 1. The van der Waals surface area contributed by atoms with E-state index in [0.717, 1.165) is 5.56 Å². The summed E-state index contributed by atoms with van der Waals surface area (Å²) in [5.41, 5.74) is 2.06. The number of nitrogens with one attached hydrogen (secondary N) is 2. The molecule has 2 aromatic rings. The molecule has 0 fully saturated rings. The van der Waals surface area contributed by atoms with Gasteiger partial charge in [0.2, 0.25) is 0 Å². The third-order valence-electron chi connectivity index (χ3n) is 3.33. The number of amides is 1. The quantitative estimate of drug-likeness (QED) is 0.591. The number of para-hydroxylation sites is 1. The van der Waals surface area contributed by atoms with E-state index in [-0.39, 0.29) is 11.0 Å². The van der Waals surface area contributed by atoms with E-state index in [0.29, 0.717) is 35.2 Å². The lowest BCUT2D eigenvalue weighted by Crippen LogP contribution is -2.34. The van der Waals surface area contributed by atoms with Gasteiger partial charge in [-0.3, -0.25) is 10.1 Å². The Morgan fingerprint density at radius 3 is 2.68 bits per heavy atom. The summed E-state index contributed by atoms with van der Waals surface area (Å²) in [7, 11) is 1.59. The molecule has 2 aromatic carbocycles. The van der Waals surface area contributed by atoms with Gasteiger partial charge >= 0.3 is 0 Å². The number of thiocarbonyl (C=S) groups is 1. The molecule has 0 heterocycles. The molecule has 0 atom stereocenters. The van der Waals surface area contributed by atoms with E-state index < -0.39 is 0 Å². The zero-order chi connectivity index (χ0) is 18.2. The van der Waals surface area contributed by atoms with Crippen molar-refractivity contribution < 1.29 is 14.3 Å². The maximum Gasteiger partial charge on any atom is 0.261 e. The highest BCUT2D eigenvalue weighted by atomic mass is 35.5. The molecule has 0 aromatic heterocycles. The predicted molar refractivity (Wildman–Crippen MR) is 104 cm³/mol. The average Bonchev–Trinajstić information content (AvgIpc) is 2.58. The molecule has 5 nitrogen and oxygen atoms in total. The maximum atomic E-state index is 12.4. The van der Waals surface area contributed by atoms with Gasteiger partial charge in [-0.15, -0.1) is 0 Å². The van der Waals surface area contributed by atoms with Gasteiger partial charge in [0.15, 0.2) is 5.11 Å². The number of hydrogen-bond acceptors (Lipinski definition) is 4. The summed E-state index contributed by atoms with van der Waals surface area (Å²) in [6.45, 7) is 2.70. The average molecular weight is 379 g/mol. The molecule has 0 aliphatic heterocycles. The lowest BCUT2D eigenvalue weighted by Gasteiger charge is -2.13. The fraction of sp³-hybridized carbons (Fsp3) is 0.222. The Morgan fingerprint density at radius 2 is 1.96 bits per heavy atom. The van der Waals surface area contributed by atoms with Gasteiger partial charge in [-0.25, -0.2) is 0 Å². The molecule has 25 heavy (non-hydrogen) atoms. The number of anilines is 1. The van der Waals surface area contributed by atoms with E-state index in [9.17, 15) is 4.79 Å². The first-order valence-electron chi connectivity index (χ1n) is 7.60. The van der Waals surface area contributed by atoms with Gasteiger partial charge in [0.25, 0.3) is 5.91 Å². The second-order valence-corrected chi connectivity index (χ2v) is 6.03. The number of hydrogen-bond donors (Lipinski definition) is 2. The van der Waals surface area contributed by atoms with Crippen LogP contribution in [-0.4, -0.2) is 31.3 Å². The van der Waals surface area contributed by atoms with E-state index in [2.05, 4.69) is 10.6 Å². The maximum absolute atomic E-state index is 12.4. The Labute approximate surface area is 157 Å². The second-order valence-electron chi connectivity index (χ2n) is 5.21. The van der Waals surface area contributed by atoms with Crippen LogP contribution >= 0.6 is 23.8 Å². The molecule has 0 aliphatic carbocycles. The fourth-order valence-electron chi connectivity index (χ4n) is 2.02. The monoisotopic (exact) mass is 378 g/mol. The molecule has 1 amide bonds. The zero-order valence-electron chi connectivity index (χ0n) is 14.0. The third kappa shape index (κ3) is 5.70. The number of rotatable bonds is 6. The lowest BCUT2D eigenvalue weighted by atomic mass is 10.2. The molecule has 0 radical (unpaired) electrons. The van der Waals surface area contributed by atoms with Gasteiger partial charge < -0.3 is 14.8 Å². The van der Waals surface area contributed by atoms with E-state index in [1.165, 1.54) is 0 Å². The van der Waals surface area contributed by atoms with E-state index in [1.54, 1.807) is 37.4 Å². The molecule has 0 bridgehead atoms. The topological polar surface area (TPSA) is 59.6 Å². The van der Waals surface area contributed by atoms with Crippen LogP contribution in [0.25, 0.3) is 0 Å². The Kier molecular flexibility index (Phi) is 7.18. The summed E-state index contributed by atoms with van der Waals surface area (Å²) < 4.78 is 10.5. The Hall–Kier alpha value is -2.15. The molecule has 0 unspecified atom stereocenters. The van der Waals surface area contributed by atoms with E-state index >= 15 is 0 Å². The molecule has 0 spiro atoms. The van der Waals surface area contributed by atoms with Crippen LogP contribution in [0.4, 0.5) is 5.69 Å². The van der Waals surface area contributed by atoms with Gasteiger partial charge in [0.1, 0.15) is 12.4 Å². The number of benzene rings is 2. The van der Waals surface area contributed by atoms with Gasteiger partial charge in [0.05, 0.1) is 12.2 Å². The molecule has 0 saturated carbocycles. The summed E-state index contributed by atoms with van der Waals surface area (Å²) in [6.07, 6.45) is 0. The Bertz CT molecular complexity index is 768. The predicted octanol–water partition coefficient (Wildman–Crippen LogP) is 3.80. The number of carbonyl (C=O) groups excluding carboxylic acids is 1. The molecule has 7 heteroatoms. The molecule has 2 N–H and O–H groups in total. The third-order valence-corrected chi connectivity index (χ3v) is 3.94. The van der Waals surface area contributed by atoms with Crippen molar-refractivity contribution in [3.63, 3.8) is 0 Å². The minimum Gasteiger partial charge on any atom is -0.490 e. The van der Waals surface area contributed by atoms with Crippen molar-refractivity contribution in [2.75, 3.05) is 25.6 Å². The summed E-state index contributed by atoms with van der Waals surface area (Å²) in [5, 5.41) is 6.37. The zero-order valence-corrected chi connectivity index (χ0v) is 15.5. The first kappa shape index (κ1) is 19.2. The summed E-state index contributed by atoms with van der Waals surface area (Å²) in [4.78, 5) is 12.4. The molecule has 0 aliphatic rings. The minimum absolute atomic E-state index is 0.177. The second kappa shape index (κ2) is 9.36. The highest BCUT2D eigenvalue weighted by Gasteiger charge is 2.13. The first-order chi connectivity index (χ1) is 12.0. The molecule has 2 rings (SSSR count). The van der Waals surface area contributed by atoms with Crippen molar-refractivity contribution in [3.8, 4) is 5.75 Å². The molecule has 0 saturated heterocycles. The van der Waals surface area contributed by atoms with E-state index in [1.807, 2.05) is 19.1 Å². The van der Waals surface area contributed by atoms with Gasteiger partial charge in [-0.05, 0) is 49.0 Å². The largest absolute Gasteiger partial charge is 0.490 e. The van der Waals surface area contributed by atoms with Crippen molar-refractivity contribution in [2.24, 2.45) is 0 Å². The van der Waals surface area contributed by atoms with Crippen molar-refractivity contribution >= 4 is 40.5 Å². The summed E-state index contributed by atoms with van der Waals surface area (Å²) >= 11 is 11.3.